The van der Waals surface area contributed by atoms with Crippen LogP contribution in [-0.2, 0) is 14.3 Å². The van der Waals surface area contributed by atoms with Crippen molar-refractivity contribution in [2.45, 2.75) is 77.2 Å². The van der Waals surface area contributed by atoms with E-state index in [1.165, 1.54) is 13.0 Å². The molecule has 0 radical (unpaired) electrons. The lowest BCUT2D eigenvalue weighted by Crippen LogP contribution is -2.50. The first kappa shape index (κ1) is 19.5. The van der Waals surface area contributed by atoms with Crippen molar-refractivity contribution in [2.75, 3.05) is 6.61 Å². The van der Waals surface area contributed by atoms with Gasteiger partial charge in [-0.2, -0.15) is 0 Å². The van der Waals surface area contributed by atoms with E-state index >= 15 is 0 Å². The van der Waals surface area contributed by atoms with Gasteiger partial charge in [-0.3, -0.25) is 4.79 Å². The van der Waals surface area contributed by atoms with E-state index in [1.807, 2.05) is 13.8 Å². The van der Waals surface area contributed by atoms with Crippen LogP contribution in [0.5, 0.6) is 0 Å². The molecule has 0 aromatic carbocycles. The standard InChI is InChI=1S/C18H30O6/c1-9(5-10(2)19)6-14-17(22)16(21)13(8-23-14)7-15-18(24-15)11(3)12(4)20/h5,11-18,20-22H,6-8H2,1-4H3/b9-5+/t11-,12-,13-,14-,15-,16+,17-,18-/m0/s1. The molecule has 6 nitrogen and oxygen atoms in total. The third-order valence-electron chi connectivity index (χ3n) is 5.15. The Labute approximate surface area is 143 Å². The maximum absolute atomic E-state index is 11.1. The number of aliphatic hydroxyl groups excluding tert-OH is 3. The number of allylic oxidation sites excluding steroid dienone is 1. The summed E-state index contributed by atoms with van der Waals surface area (Å²) in [5.74, 6) is -0.182. The molecular weight excluding hydrogens is 312 g/mol. The summed E-state index contributed by atoms with van der Waals surface area (Å²) in [4.78, 5) is 11.1. The Balaban J connectivity index is 1.84. The van der Waals surface area contributed by atoms with Gasteiger partial charge in [0.2, 0.25) is 0 Å². The molecule has 0 aromatic rings. The Kier molecular flexibility index (Phi) is 6.56. The van der Waals surface area contributed by atoms with Crippen LogP contribution in [0, 0.1) is 11.8 Å². The van der Waals surface area contributed by atoms with Crippen molar-refractivity contribution < 1.29 is 29.6 Å². The topological polar surface area (TPSA) is 99.5 Å². The molecule has 8 atom stereocenters. The summed E-state index contributed by atoms with van der Waals surface area (Å²) in [5, 5.41) is 30.3. The molecule has 2 rings (SSSR count). The molecule has 2 saturated heterocycles. The number of carbonyl (C=O) groups is 1. The van der Waals surface area contributed by atoms with Crippen LogP contribution < -0.4 is 0 Å². The van der Waals surface area contributed by atoms with Crippen molar-refractivity contribution in [2.24, 2.45) is 11.8 Å². The summed E-state index contributed by atoms with van der Waals surface area (Å²) in [6.45, 7) is 7.33. The average Bonchev–Trinajstić information content (AvgIpc) is 3.24. The fourth-order valence-corrected chi connectivity index (χ4v) is 3.44. The molecule has 0 unspecified atom stereocenters. The van der Waals surface area contributed by atoms with Crippen molar-refractivity contribution in [1.82, 2.24) is 0 Å². The minimum Gasteiger partial charge on any atom is -0.393 e. The zero-order chi connectivity index (χ0) is 18.0. The van der Waals surface area contributed by atoms with Crippen LogP contribution in [0.1, 0.15) is 40.5 Å². The van der Waals surface area contributed by atoms with Gasteiger partial charge in [-0.25, -0.2) is 0 Å². The molecule has 0 bridgehead atoms. The third-order valence-corrected chi connectivity index (χ3v) is 5.15. The Morgan fingerprint density at radius 2 is 1.88 bits per heavy atom. The lowest BCUT2D eigenvalue weighted by molar-refractivity contribution is -0.165. The van der Waals surface area contributed by atoms with E-state index in [0.717, 1.165) is 5.57 Å². The van der Waals surface area contributed by atoms with Gasteiger partial charge in [0.15, 0.2) is 5.78 Å². The molecule has 0 amide bonds. The minimum atomic E-state index is -0.981. The number of epoxide rings is 1. The SMILES string of the molecule is CC(=O)/C=C(\C)C[C@@H]1OC[C@H](C[C@@H]2O[C@H]2[C@@H](C)[C@H](C)O)[C@@H](O)[C@H]1O. The van der Waals surface area contributed by atoms with Gasteiger partial charge in [0, 0.05) is 11.8 Å². The highest BCUT2D eigenvalue weighted by molar-refractivity contribution is 5.87. The van der Waals surface area contributed by atoms with Crippen molar-refractivity contribution in [1.29, 1.82) is 0 Å². The normalized spacial score (nSPS) is 39.4. The number of rotatable bonds is 7. The molecule has 2 aliphatic heterocycles. The summed E-state index contributed by atoms with van der Waals surface area (Å²) in [6, 6.07) is 0. The van der Waals surface area contributed by atoms with Crippen molar-refractivity contribution in [3.05, 3.63) is 11.6 Å². The summed E-state index contributed by atoms with van der Waals surface area (Å²) >= 11 is 0. The first-order chi connectivity index (χ1) is 11.2. The smallest absolute Gasteiger partial charge is 0.152 e. The molecule has 6 heteroatoms. The maximum Gasteiger partial charge on any atom is 0.152 e. The van der Waals surface area contributed by atoms with Crippen molar-refractivity contribution in [3.8, 4) is 0 Å². The molecule has 2 fully saturated rings. The Hall–Kier alpha value is -0.790. The van der Waals surface area contributed by atoms with Crippen LogP contribution >= 0.6 is 0 Å². The van der Waals surface area contributed by atoms with Gasteiger partial charge in [-0.15, -0.1) is 0 Å². The summed E-state index contributed by atoms with van der Waals surface area (Å²) < 4.78 is 11.3. The van der Waals surface area contributed by atoms with Crippen LogP contribution in [0.2, 0.25) is 0 Å². The fraction of sp³-hybridized carbons (Fsp3) is 0.833. The van der Waals surface area contributed by atoms with Crippen molar-refractivity contribution in [3.63, 3.8) is 0 Å². The van der Waals surface area contributed by atoms with Gasteiger partial charge in [0.25, 0.3) is 0 Å². The zero-order valence-corrected chi connectivity index (χ0v) is 14.9. The molecule has 138 valence electrons. The second kappa shape index (κ2) is 8.06. The second-order valence-corrected chi connectivity index (χ2v) is 7.39. The van der Waals surface area contributed by atoms with Gasteiger partial charge < -0.3 is 24.8 Å². The fourth-order valence-electron chi connectivity index (χ4n) is 3.44. The van der Waals surface area contributed by atoms with E-state index in [4.69, 9.17) is 9.47 Å². The molecule has 0 saturated carbocycles. The van der Waals surface area contributed by atoms with Crippen LogP contribution in [0.3, 0.4) is 0 Å². The quantitative estimate of drug-likeness (QED) is 0.468. The summed E-state index contributed by atoms with van der Waals surface area (Å²) in [6.07, 6.45) is -0.229. The first-order valence-corrected chi connectivity index (χ1v) is 8.69. The highest BCUT2D eigenvalue weighted by atomic mass is 16.6. The minimum absolute atomic E-state index is 0.000875. The summed E-state index contributed by atoms with van der Waals surface area (Å²) in [7, 11) is 0. The van der Waals surface area contributed by atoms with Crippen LogP contribution in [-0.4, -0.2) is 64.3 Å². The van der Waals surface area contributed by atoms with E-state index < -0.39 is 24.4 Å². The number of aliphatic hydroxyl groups is 3. The third kappa shape index (κ3) is 4.86. The summed E-state index contributed by atoms with van der Waals surface area (Å²) in [5.41, 5.74) is 0.827. The van der Waals surface area contributed by atoms with Gasteiger partial charge in [-0.05, 0) is 39.7 Å². The maximum atomic E-state index is 11.1. The van der Waals surface area contributed by atoms with E-state index in [9.17, 15) is 20.1 Å². The average molecular weight is 342 g/mol. The molecule has 3 N–H and O–H groups in total. The number of carbonyl (C=O) groups excluding carboxylic acids is 1. The number of ether oxygens (including phenoxy) is 2. The Bertz CT molecular complexity index is 474. The predicted molar refractivity (Wildman–Crippen MR) is 88.4 cm³/mol. The van der Waals surface area contributed by atoms with Gasteiger partial charge >= 0.3 is 0 Å². The van der Waals surface area contributed by atoms with E-state index in [-0.39, 0.29) is 29.8 Å². The van der Waals surface area contributed by atoms with Crippen LogP contribution in [0.15, 0.2) is 11.6 Å². The molecule has 0 spiro atoms. The van der Waals surface area contributed by atoms with Gasteiger partial charge in [0.1, 0.15) is 6.10 Å². The van der Waals surface area contributed by atoms with Gasteiger partial charge in [-0.1, -0.05) is 12.5 Å². The molecular formula is C18H30O6. The Morgan fingerprint density at radius 3 is 2.46 bits per heavy atom. The number of hydrogen-bond donors (Lipinski definition) is 3. The van der Waals surface area contributed by atoms with E-state index in [1.54, 1.807) is 6.92 Å². The van der Waals surface area contributed by atoms with Crippen molar-refractivity contribution >= 4 is 5.78 Å². The molecule has 24 heavy (non-hydrogen) atoms. The van der Waals surface area contributed by atoms with Crippen LogP contribution in [0.25, 0.3) is 0 Å². The molecule has 0 aromatic heterocycles. The number of hydrogen-bond acceptors (Lipinski definition) is 6. The van der Waals surface area contributed by atoms with Gasteiger partial charge in [0.05, 0.1) is 37.1 Å². The predicted octanol–water partition coefficient (Wildman–Crippen LogP) is 0.823. The highest BCUT2D eigenvalue weighted by Crippen LogP contribution is 2.38. The second-order valence-electron chi connectivity index (χ2n) is 7.39. The first-order valence-electron chi connectivity index (χ1n) is 8.69. The zero-order valence-electron chi connectivity index (χ0n) is 14.9. The largest absolute Gasteiger partial charge is 0.393 e. The molecule has 2 aliphatic rings. The Morgan fingerprint density at radius 1 is 1.21 bits per heavy atom. The lowest BCUT2D eigenvalue weighted by atomic mass is 9.85. The monoisotopic (exact) mass is 342 g/mol. The molecule has 2 heterocycles. The number of ketones is 1. The van der Waals surface area contributed by atoms with Crippen LogP contribution in [0.4, 0.5) is 0 Å². The van der Waals surface area contributed by atoms with E-state index in [0.29, 0.717) is 19.4 Å². The molecule has 0 aliphatic carbocycles. The van der Waals surface area contributed by atoms with E-state index in [2.05, 4.69) is 0 Å². The highest BCUT2D eigenvalue weighted by Gasteiger charge is 2.48. The lowest BCUT2D eigenvalue weighted by Gasteiger charge is -2.38.